The summed E-state index contributed by atoms with van der Waals surface area (Å²) in [5.74, 6) is -0.483. The van der Waals surface area contributed by atoms with Crippen LogP contribution in [0.15, 0.2) is 18.2 Å². The Bertz CT molecular complexity index is 370. The average Bonchev–Trinajstić information content (AvgIpc) is 2.27. The lowest BCUT2D eigenvalue weighted by atomic mass is 10.1. The van der Waals surface area contributed by atoms with Gasteiger partial charge in [-0.2, -0.15) is 0 Å². The maximum Gasteiger partial charge on any atom is 0.327 e. The molecule has 0 amide bonds. The molecule has 0 heterocycles. The standard InChI is InChI=1S/C10H13NO4.ClH/c1-14-7-5-3-4-6(9(7)12)8(11)10(13)15-2;/h3-5,8,12H,11H2,1-2H3;1H/t8-;/m0./s1. The Kier molecular flexibility index (Phi) is 5.63. The molecule has 0 spiro atoms. The van der Waals surface area contributed by atoms with E-state index in [-0.39, 0.29) is 29.5 Å². The molecule has 0 bridgehead atoms. The molecule has 16 heavy (non-hydrogen) atoms. The molecule has 0 fully saturated rings. The van der Waals surface area contributed by atoms with E-state index >= 15 is 0 Å². The smallest absolute Gasteiger partial charge is 0.327 e. The fourth-order valence-corrected chi connectivity index (χ4v) is 1.21. The van der Waals surface area contributed by atoms with E-state index < -0.39 is 12.0 Å². The molecule has 0 aliphatic heterocycles. The number of rotatable bonds is 3. The molecule has 1 aromatic rings. The summed E-state index contributed by atoms with van der Waals surface area (Å²) < 4.78 is 9.37. The first-order chi connectivity index (χ1) is 7.11. The van der Waals surface area contributed by atoms with Crippen LogP contribution in [-0.2, 0) is 9.53 Å². The SMILES string of the molecule is COC(=O)[C@@H](N)c1cccc(OC)c1O.Cl. The highest BCUT2D eigenvalue weighted by Gasteiger charge is 2.21. The summed E-state index contributed by atoms with van der Waals surface area (Å²) in [6.07, 6.45) is 0. The third-order valence-electron chi connectivity index (χ3n) is 2.04. The molecule has 0 saturated carbocycles. The summed E-state index contributed by atoms with van der Waals surface area (Å²) in [5, 5.41) is 9.69. The number of halogens is 1. The third-order valence-corrected chi connectivity index (χ3v) is 2.04. The van der Waals surface area contributed by atoms with Crippen molar-refractivity contribution in [2.24, 2.45) is 5.73 Å². The molecule has 0 aromatic heterocycles. The van der Waals surface area contributed by atoms with Crippen LogP contribution in [-0.4, -0.2) is 25.3 Å². The first-order valence-electron chi connectivity index (χ1n) is 4.31. The van der Waals surface area contributed by atoms with Crippen molar-refractivity contribution < 1.29 is 19.4 Å². The molecule has 90 valence electrons. The Morgan fingerprint density at radius 3 is 2.56 bits per heavy atom. The van der Waals surface area contributed by atoms with Crippen LogP contribution in [0.2, 0.25) is 0 Å². The predicted octanol–water partition coefficient (Wildman–Crippen LogP) is 0.995. The lowest BCUT2D eigenvalue weighted by molar-refractivity contribution is -0.142. The highest BCUT2D eigenvalue weighted by Crippen LogP contribution is 2.32. The zero-order valence-corrected chi connectivity index (χ0v) is 9.78. The Balaban J connectivity index is 0.00000225. The molecular weight excluding hydrogens is 234 g/mol. The van der Waals surface area contributed by atoms with Gasteiger partial charge in [-0.25, -0.2) is 0 Å². The molecule has 1 rings (SSSR count). The number of phenols is 1. The minimum atomic E-state index is -1.01. The molecule has 0 aliphatic carbocycles. The van der Waals surface area contributed by atoms with E-state index in [9.17, 15) is 9.90 Å². The molecule has 1 atom stereocenters. The number of carbonyl (C=O) groups is 1. The minimum absolute atomic E-state index is 0. The van der Waals surface area contributed by atoms with E-state index in [4.69, 9.17) is 10.5 Å². The lowest BCUT2D eigenvalue weighted by Crippen LogP contribution is -2.22. The maximum absolute atomic E-state index is 11.2. The summed E-state index contributed by atoms with van der Waals surface area (Å²) in [7, 11) is 2.65. The highest BCUT2D eigenvalue weighted by atomic mass is 35.5. The molecule has 6 heteroatoms. The van der Waals surface area contributed by atoms with E-state index in [1.165, 1.54) is 14.2 Å². The van der Waals surface area contributed by atoms with Crippen molar-refractivity contribution in [1.82, 2.24) is 0 Å². The van der Waals surface area contributed by atoms with E-state index in [1.54, 1.807) is 18.2 Å². The number of aromatic hydroxyl groups is 1. The van der Waals surface area contributed by atoms with Crippen LogP contribution < -0.4 is 10.5 Å². The molecule has 0 saturated heterocycles. The largest absolute Gasteiger partial charge is 0.504 e. The van der Waals surface area contributed by atoms with Gasteiger partial charge in [0, 0.05) is 5.56 Å². The first kappa shape index (κ1) is 14.5. The van der Waals surface area contributed by atoms with Gasteiger partial charge in [0.25, 0.3) is 0 Å². The molecule has 1 aromatic carbocycles. The highest BCUT2D eigenvalue weighted by molar-refractivity contribution is 5.85. The number of carbonyl (C=O) groups excluding carboxylic acids is 1. The Hall–Kier alpha value is -1.46. The summed E-state index contributed by atoms with van der Waals surface area (Å²) >= 11 is 0. The predicted molar refractivity (Wildman–Crippen MR) is 60.9 cm³/mol. The van der Waals surface area contributed by atoms with Crippen LogP contribution in [0.4, 0.5) is 0 Å². The number of para-hydroxylation sites is 1. The molecule has 3 N–H and O–H groups in total. The van der Waals surface area contributed by atoms with Crippen molar-refractivity contribution in [3.63, 3.8) is 0 Å². The number of esters is 1. The van der Waals surface area contributed by atoms with Gasteiger partial charge >= 0.3 is 5.97 Å². The van der Waals surface area contributed by atoms with Crippen molar-refractivity contribution in [2.75, 3.05) is 14.2 Å². The Morgan fingerprint density at radius 1 is 1.44 bits per heavy atom. The van der Waals surface area contributed by atoms with Crippen LogP contribution in [0.3, 0.4) is 0 Å². The van der Waals surface area contributed by atoms with Crippen molar-refractivity contribution in [2.45, 2.75) is 6.04 Å². The number of nitrogens with two attached hydrogens (primary N) is 1. The number of ether oxygens (including phenoxy) is 2. The normalized spacial score (nSPS) is 11.2. The molecule has 0 aliphatic rings. The van der Waals surface area contributed by atoms with E-state index in [0.29, 0.717) is 0 Å². The number of phenolic OH excluding ortho intramolecular Hbond substituents is 1. The number of methoxy groups -OCH3 is 2. The lowest BCUT2D eigenvalue weighted by Gasteiger charge is -2.13. The molecule has 0 unspecified atom stereocenters. The van der Waals surface area contributed by atoms with E-state index in [0.717, 1.165) is 0 Å². The maximum atomic E-state index is 11.2. The van der Waals surface area contributed by atoms with Gasteiger partial charge in [-0.3, -0.25) is 4.79 Å². The summed E-state index contributed by atoms with van der Waals surface area (Å²) in [4.78, 5) is 11.2. The van der Waals surface area contributed by atoms with E-state index in [1.807, 2.05) is 0 Å². The second-order valence-electron chi connectivity index (χ2n) is 2.90. The summed E-state index contributed by atoms with van der Waals surface area (Å²) in [6, 6.07) is 3.74. The van der Waals surface area contributed by atoms with Gasteiger partial charge in [-0.15, -0.1) is 12.4 Å². The van der Waals surface area contributed by atoms with Gasteiger partial charge in [0.15, 0.2) is 11.5 Å². The summed E-state index contributed by atoms with van der Waals surface area (Å²) in [5.41, 5.74) is 5.86. The van der Waals surface area contributed by atoms with Crippen LogP contribution >= 0.6 is 12.4 Å². The van der Waals surface area contributed by atoms with Gasteiger partial charge in [0.2, 0.25) is 0 Å². The zero-order valence-electron chi connectivity index (χ0n) is 8.97. The van der Waals surface area contributed by atoms with Crippen LogP contribution in [0.5, 0.6) is 11.5 Å². The van der Waals surface area contributed by atoms with Gasteiger partial charge in [-0.05, 0) is 6.07 Å². The second kappa shape index (κ2) is 6.19. The Morgan fingerprint density at radius 2 is 2.06 bits per heavy atom. The molecule has 5 nitrogen and oxygen atoms in total. The van der Waals surface area contributed by atoms with Gasteiger partial charge in [0.05, 0.1) is 14.2 Å². The van der Waals surface area contributed by atoms with E-state index in [2.05, 4.69) is 4.74 Å². The van der Waals surface area contributed by atoms with Gasteiger partial charge in [0.1, 0.15) is 6.04 Å². The Labute approximate surface area is 99.6 Å². The monoisotopic (exact) mass is 247 g/mol. The minimum Gasteiger partial charge on any atom is -0.504 e. The number of benzene rings is 1. The fraction of sp³-hybridized carbons (Fsp3) is 0.300. The van der Waals surface area contributed by atoms with Crippen LogP contribution in [0, 0.1) is 0 Å². The van der Waals surface area contributed by atoms with Crippen molar-refractivity contribution in [3.8, 4) is 11.5 Å². The quantitative estimate of drug-likeness (QED) is 0.779. The number of hydrogen-bond donors (Lipinski definition) is 2. The van der Waals surface area contributed by atoms with Crippen molar-refractivity contribution in [1.29, 1.82) is 0 Å². The average molecular weight is 248 g/mol. The topological polar surface area (TPSA) is 81.8 Å². The molecule has 0 radical (unpaired) electrons. The summed E-state index contributed by atoms with van der Waals surface area (Å²) in [6.45, 7) is 0. The first-order valence-corrected chi connectivity index (χ1v) is 4.31. The van der Waals surface area contributed by atoms with Gasteiger partial charge in [-0.1, -0.05) is 12.1 Å². The van der Waals surface area contributed by atoms with Crippen molar-refractivity contribution in [3.05, 3.63) is 23.8 Å². The van der Waals surface area contributed by atoms with Crippen molar-refractivity contribution >= 4 is 18.4 Å². The third kappa shape index (κ3) is 2.77. The second-order valence-corrected chi connectivity index (χ2v) is 2.90. The van der Waals surface area contributed by atoms with Gasteiger partial charge < -0.3 is 20.3 Å². The number of hydrogen-bond acceptors (Lipinski definition) is 5. The van der Waals surface area contributed by atoms with Crippen LogP contribution in [0.1, 0.15) is 11.6 Å². The molecular formula is C10H14ClNO4. The van der Waals surface area contributed by atoms with Crippen LogP contribution in [0.25, 0.3) is 0 Å². The zero-order chi connectivity index (χ0) is 11.4. The fourth-order valence-electron chi connectivity index (χ4n) is 1.21.